The highest BCUT2D eigenvalue weighted by molar-refractivity contribution is 9.10. The van der Waals surface area contributed by atoms with Crippen molar-refractivity contribution in [3.05, 3.63) is 38.3 Å². The lowest BCUT2D eigenvalue weighted by atomic mass is 10.2. The van der Waals surface area contributed by atoms with Gasteiger partial charge >= 0.3 is 0 Å². The summed E-state index contributed by atoms with van der Waals surface area (Å²) >= 11 is 3.22. The number of nitro groups is 1. The van der Waals surface area contributed by atoms with Crippen LogP contribution in [-0.4, -0.2) is 11.5 Å². The summed E-state index contributed by atoms with van der Waals surface area (Å²) in [6, 6.07) is 5.07. The van der Waals surface area contributed by atoms with E-state index in [1.165, 1.54) is 6.07 Å². The molecule has 0 aliphatic rings. The van der Waals surface area contributed by atoms with Crippen molar-refractivity contribution in [2.24, 2.45) is 0 Å². The van der Waals surface area contributed by atoms with Crippen LogP contribution in [0.15, 0.2) is 22.7 Å². The first-order valence-corrected chi connectivity index (χ1v) is 5.97. The predicted octanol–water partition coefficient (Wildman–Crippen LogP) is 2.86. The van der Waals surface area contributed by atoms with Crippen LogP contribution in [0.4, 0.5) is 5.69 Å². The molecule has 0 fully saturated rings. The van der Waals surface area contributed by atoms with Gasteiger partial charge in [-0.05, 0) is 19.1 Å². The molecule has 0 spiro atoms. The molecule has 90 valence electrons. The number of rotatable bonds is 5. The van der Waals surface area contributed by atoms with Crippen LogP contribution in [0.2, 0.25) is 0 Å². The molecule has 1 aromatic carbocycles. The van der Waals surface area contributed by atoms with Gasteiger partial charge in [0, 0.05) is 35.6 Å². The van der Waals surface area contributed by atoms with Crippen LogP contribution >= 0.6 is 15.9 Å². The Hall–Kier alpha value is -1.38. The van der Waals surface area contributed by atoms with Gasteiger partial charge in [-0.2, -0.15) is 0 Å². The topological polar surface area (TPSA) is 55.2 Å². The van der Waals surface area contributed by atoms with Crippen LogP contribution in [0.25, 0.3) is 0 Å². The number of nitrogens with one attached hydrogen (secondary N) is 1. The maximum Gasteiger partial charge on any atom is 0.275 e. The summed E-state index contributed by atoms with van der Waals surface area (Å²) in [4.78, 5) is 10.5. The molecule has 0 amide bonds. The number of nitrogens with zero attached hydrogens (tertiary/aromatic N) is 1. The molecule has 0 aliphatic heterocycles. The summed E-state index contributed by atoms with van der Waals surface area (Å²) in [5, 5.41) is 14.0. The van der Waals surface area contributed by atoms with Crippen LogP contribution in [-0.2, 0) is 6.54 Å². The second-order valence-corrected chi connectivity index (χ2v) is 4.30. The number of benzene rings is 1. The van der Waals surface area contributed by atoms with E-state index in [-0.39, 0.29) is 10.6 Å². The van der Waals surface area contributed by atoms with E-state index in [0.29, 0.717) is 16.6 Å². The van der Waals surface area contributed by atoms with E-state index >= 15 is 0 Å². The summed E-state index contributed by atoms with van der Waals surface area (Å²) in [6.45, 7) is 3.00. The Morgan fingerprint density at radius 1 is 1.53 bits per heavy atom. The van der Waals surface area contributed by atoms with Crippen LogP contribution in [0, 0.1) is 22.0 Å². The number of hydrogen-bond donors (Lipinski definition) is 1. The van der Waals surface area contributed by atoms with Gasteiger partial charge in [-0.3, -0.25) is 10.1 Å². The molecule has 0 aliphatic carbocycles. The third kappa shape index (κ3) is 4.55. The standard InChI is InChI=1S/C12H13BrN2O2/c1-2-3-4-7-14-9-10-5-6-11(13)8-12(10)15(16)17/h5-6,8,14H,4,7,9H2,1H3. The van der Waals surface area contributed by atoms with Crippen molar-refractivity contribution < 1.29 is 4.92 Å². The van der Waals surface area contributed by atoms with E-state index in [4.69, 9.17) is 0 Å². The SMILES string of the molecule is CC#CCCNCc1ccc(Br)cc1[N+](=O)[O-]. The third-order valence-corrected chi connectivity index (χ3v) is 2.66. The fourth-order valence-corrected chi connectivity index (χ4v) is 1.70. The third-order valence-electron chi connectivity index (χ3n) is 2.16. The van der Waals surface area contributed by atoms with Crippen LogP contribution in [0.3, 0.4) is 0 Å². The molecule has 0 saturated heterocycles. The smallest absolute Gasteiger partial charge is 0.275 e. The molecule has 0 heterocycles. The van der Waals surface area contributed by atoms with Crippen molar-refractivity contribution in [1.29, 1.82) is 0 Å². The van der Waals surface area contributed by atoms with Gasteiger partial charge in [0.2, 0.25) is 0 Å². The van der Waals surface area contributed by atoms with E-state index in [0.717, 1.165) is 13.0 Å². The summed E-state index contributed by atoms with van der Waals surface area (Å²) in [7, 11) is 0. The number of halogens is 1. The molecule has 5 heteroatoms. The van der Waals surface area contributed by atoms with Gasteiger partial charge in [0.1, 0.15) is 0 Å². The molecule has 0 bridgehead atoms. The molecule has 0 unspecified atom stereocenters. The van der Waals surface area contributed by atoms with Crippen molar-refractivity contribution in [1.82, 2.24) is 5.32 Å². The molecule has 0 saturated carbocycles. The van der Waals surface area contributed by atoms with Crippen molar-refractivity contribution in [3.8, 4) is 11.8 Å². The van der Waals surface area contributed by atoms with Crippen LogP contribution in [0.5, 0.6) is 0 Å². The molecule has 1 N–H and O–H groups in total. The highest BCUT2D eigenvalue weighted by Gasteiger charge is 2.13. The average molecular weight is 297 g/mol. The highest BCUT2D eigenvalue weighted by Crippen LogP contribution is 2.23. The fraction of sp³-hybridized carbons (Fsp3) is 0.333. The van der Waals surface area contributed by atoms with Gasteiger partial charge in [-0.1, -0.05) is 15.9 Å². The summed E-state index contributed by atoms with van der Waals surface area (Å²) in [5.74, 6) is 5.73. The Morgan fingerprint density at radius 3 is 2.94 bits per heavy atom. The van der Waals surface area contributed by atoms with E-state index in [9.17, 15) is 10.1 Å². The van der Waals surface area contributed by atoms with Gasteiger partial charge in [0.25, 0.3) is 5.69 Å². The van der Waals surface area contributed by atoms with Crippen molar-refractivity contribution >= 4 is 21.6 Å². The monoisotopic (exact) mass is 296 g/mol. The Balaban J connectivity index is 2.63. The second kappa shape index (κ2) is 7.05. The first kappa shape index (κ1) is 13.7. The molecular weight excluding hydrogens is 284 g/mol. The molecule has 4 nitrogen and oxygen atoms in total. The molecule has 0 aromatic heterocycles. The molecule has 1 rings (SSSR count). The normalized spacial score (nSPS) is 9.53. The van der Waals surface area contributed by atoms with Crippen molar-refractivity contribution in [3.63, 3.8) is 0 Å². The lowest BCUT2D eigenvalue weighted by Gasteiger charge is -2.04. The Labute approximate surface area is 109 Å². The zero-order valence-electron chi connectivity index (χ0n) is 9.50. The summed E-state index contributed by atoms with van der Waals surface area (Å²) in [6.07, 6.45) is 0.751. The average Bonchev–Trinajstić information content (AvgIpc) is 2.30. The Morgan fingerprint density at radius 2 is 2.29 bits per heavy atom. The predicted molar refractivity (Wildman–Crippen MR) is 70.6 cm³/mol. The van der Waals surface area contributed by atoms with Gasteiger partial charge in [-0.25, -0.2) is 0 Å². The van der Waals surface area contributed by atoms with E-state index in [1.807, 2.05) is 0 Å². The second-order valence-electron chi connectivity index (χ2n) is 3.38. The molecule has 17 heavy (non-hydrogen) atoms. The van der Waals surface area contributed by atoms with Crippen LogP contribution in [0.1, 0.15) is 18.9 Å². The largest absolute Gasteiger partial charge is 0.311 e. The fourth-order valence-electron chi connectivity index (χ4n) is 1.36. The maximum absolute atomic E-state index is 10.8. The molecular formula is C12H13BrN2O2. The minimum Gasteiger partial charge on any atom is -0.311 e. The van der Waals surface area contributed by atoms with E-state index in [2.05, 4.69) is 33.1 Å². The van der Waals surface area contributed by atoms with Gasteiger partial charge < -0.3 is 5.32 Å². The highest BCUT2D eigenvalue weighted by atomic mass is 79.9. The van der Waals surface area contributed by atoms with Crippen molar-refractivity contribution in [2.75, 3.05) is 6.54 Å². The Kier molecular flexibility index (Phi) is 5.67. The first-order chi connectivity index (χ1) is 8.15. The zero-order chi connectivity index (χ0) is 12.7. The Bertz CT molecular complexity index is 463. The maximum atomic E-state index is 10.8. The quantitative estimate of drug-likeness (QED) is 0.393. The first-order valence-electron chi connectivity index (χ1n) is 5.18. The summed E-state index contributed by atoms with van der Waals surface area (Å²) < 4.78 is 0.713. The van der Waals surface area contributed by atoms with Crippen LogP contribution < -0.4 is 5.32 Å². The lowest BCUT2D eigenvalue weighted by Crippen LogP contribution is -2.15. The lowest BCUT2D eigenvalue weighted by molar-refractivity contribution is -0.385. The minimum atomic E-state index is -0.367. The van der Waals surface area contributed by atoms with E-state index in [1.54, 1.807) is 19.1 Å². The zero-order valence-corrected chi connectivity index (χ0v) is 11.1. The number of hydrogen-bond acceptors (Lipinski definition) is 3. The molecule has 0 radical (unpaired) electrons. The van der Waals surface area contributed by atoms with Gasteiger partial charge in [0.15, 0.2) is 0 Å². The van der Waals surface area contributed by atoms with Gasteiger partial charge in [-0.15, -0.1) is 11.8 Å². The number of nitro benzene ring substituents is 1. The molecule has 0 atom stereocenters. The van der Waals surface area contributed by atoms with Gasteiger partial charge in [0.05, 0.1) is 4.92 Å². The summed E-state index contributed by atoms with van der Waals surface area (Å²) in [5.41, 5.74) is 0.816. The minimum absolute atomic E-state index is 0.133. The molecule has 1 aromatic rings. The van der Waals surface area contributed by atoms with E-state index < -0.39 is 0 Å². The van der Waals surface area contributed by atoms with Crippen molar-refractivity contribution in [2.45, 2.75) is 19.9 Å².